The smallest absolute Gasteiger partial charge is 0.306 e. The number of carboxylic acid groups (broad SMARTS) is 1. The Balaban J connectivity index is 2.31. The molecule has 7 nitrogen and oxygen atoms in total. The zero-order chi connectivity index (χ0) is 14.5. The Morgan fingerprint density at radius 2 is 1.89 bits per heavy atom. The third kappa shape index (κ3) is 5.15. The molecule has 2 atom stereocenters. The molecule has 1 aliphatic rings. The second-order valence-electron chi connectivity index (χ2n) is 4.65. The van der Waals surface area contributed by atoms with Gasteiger partial charge in [-0.25, -0.2) is 13.1 Å². The largest absolute Gasteiger partial charge is 0.481 e. The molecule has 2 unspecified atom stereocenters. The molecule has 8 heteroatoms. The minimum atomic E-state index is -3.33. The van der Waals surface area contributed by atoms with Crippen molar-refractivity contribution >= 4 is 21.9 Å². The molecular weight excluding hydrogens is 272 g/mol. The van der Waals surface area contributed by atoms with Gasteiger partial charge in [-0.05, 0) is 19.3 Å². The average molecular weight is 292 g/mol. The average Bonchev–Trinajstić information content (AvgIpc) is 2.77. The minimum absolute atomic E-state index is 0.0441. The summed E-state index contributed by atoms with van der Waals surface area (Å²) in [6, 6.07) is 0. The number of hydrogen-bond donors (Lipinski definition) is 3. The van der Waals surface area contributed by atoms with Gasteiger partial charge in [0.2, 0.25) is 15.9 Å². The third-order valence-electron chi connectivity index (χ3n) is 3.19. The number of amides is 1. The third-order valence-corrected chi connectivity index (χ3v) is 4.66. The minimum Gasteiger partial charge on any atom is -0.481 e. The topological polar surface area (TPSA) is 113 Å². The van der Waals surface area contributed by atoms with Gasteiger partial charge >= 0.3 is 5.97 Å². The lowest BCUT2D eigenvalue weighted by Crippen LogP contribution is -2.36. The fourth-order valence-corrected chi connectivity index (χ4v) is 3.14. The van der Waals surface area contributed by atoms with E-state index in [4.69, 9.17) is 5.11 Å². The number of carbonyl (C=O) groups is 2. The normalized spacial score (nSPS) is 23.2. The molecule has 0 saturated heterocycles. The zero-order valence-electron chi connectivity index (χ0n) is 10.9. The Labute approximate surface area is 112 Å². The Bertz CT molecular complexity index is 434. The molecule has 0 radical (unpaired) electrons. The predicted molar refractivity (Wildman–Crippen MR) is 68.9 cm³/mol. The first-order valence-electron chi connectivity index (χ1n) is 6.33. The van der Waals surface area contributed by atoms with Crippen LogP contribution in [0.3, 0.4) is 0 Å². The van der Waals surface area contributed by atoms with Gasteiger partial charge in [-0.15, -0.1) is 0 Å². The number of aliphatic carboxylic acids is 1. The molecule has 3 N–H and O–H groups in total. The van der Waals surface area contributed by atoms with Crippen LogP contribution < -0.4 is 10.0 Å². The number of nitrogens with one attached hydrogen (secondary N) is 2. The molecule has 0 aromatic carbocycles. The fourth-order valence-electron chi connectivity index (χ4n) is 2.19. The Kier molecular flexibility index (Phi) is 5.74. The summed E-state index contributed by atoms with van der Waals surface area (Å²) in [5.74, 6) is -2.06. The van der Waals surface area contributed by atoms with E-state index in [0.717, 1.165) is 0 Å². The van der Waals surface area contributed by atoms with Crippen LogP contribution in [-0.4, -0.2) is 44.2 Å². The van der Waals surface area contributed by atoms with E-state index in [0.29, 0.717) is 25.8 Å². The lowest BCUT2D eigenvalue weighted by Gasteiger charge is -2.11. The van der Waals surface area contributed by atoms with Gasteiger partial charge in [0.25, 0.3) is 0 Å². The van der Waals surface area contributed by atoms with Crippen LogP contribution in [0.15, 0.2) is 0 Å². The lowest BCUT2D eigenvalue weighted by atomic mass is 10.0. The van der Waals surface area contributed by atoms with Crippen molar-refractivity contribution in [2.24, 2.45) is 11.8 Å². The molecule has 1 aliphatic carbocycles. The van der Waals surface area contributed by atoms with Gasteiger partial charge in [-0.3, -0.25) is 9.59 Å². The maximum Gasteiger partial charge on any atom is 0.306 e. The summed E-state index contributed by atoms with van der Waals surface area (Å²) in [7, 11) is -3.33. The van der Waals surface area contributed by atoms with E-state index in [1.807, 2.05) is 0 Å². The van der Waals surface area contributed by atoms with Gasteiger partial charge < -0.3 is 10.4 Å². The molecule has 1 rings (SSSR count). The summed E-state index contributed by atoms with van der Waals surface area (Å²) >= 11 is 0. The van der Waals surface area contributed by atoms with Crippen LogP contribution in [0.1, 0.15) is 26.2 Å². The molecule has 0 aromatic heterocycles. The van der Waals surface area contributed by atoms with Gasteiger partial charge in [0, 0.05) is 19.0 Å². The number of hydrogen-bond acceptors (Lipinski definition) is 4. The second kappa shape index (κ2) is 6.85. The van der Waals surface area contributed by atoms with Gasteiger partial charge in [0.15, 0.2) is 0 Å². The number of sulfonamides is 1. The van der Waals surface area contributed by atoms with Gasteiger partial charge in [-0.2, -0.15) is 0 Å². The van der Waals surface area contributed by atoms with E-state index >= 15 is 0 Å². The molecule has 1 saturated carbocycles. The van der Waals surface area contributed by atoms with Crippen LogP contribution in [0.4, 0.5) is 0 Å². The summed E-state index contributed by atoms with van der Waals surface area (Å²) in [4.78, 5) is 22.5. The maximum atomic E-state index is 11.7. The zero-order valence-corrected chi connectivity index (χ0v) is 11.7. The number of carboxylic acids is 1. The molecule has 1 amide bonds. The second-order valence-corrected chi connectivity index (χ2v) is 6.58. The van der Waals surface area contributed by atoms with E-state index < -0.39 is 21.9 Å². The Morgan fingerprint density at radius 3 is 2.42 bits per heavy atom. The quantitative estimate of drug-likeness (QED) is 0.588. The molecule has 0 aromatic rings. The number of carbonyl (C=O) groups excluding carboxylic acids is 1. The standard InChI is InChI=1S/C11H20N2O5S/c1-2-13-19(17,18)6-5-12-10(14)8-3-4-9(7-8)11(15)16/h8-9,13H,2-7H2,1H3,(H,12,14)(H,15,16). The summed E-state index contributed by atoms with van der Waals surface area (Å²) in [5.41, 5.74) is 0. The maximum absolute atomic E-state index is 11.7. The summed E-state index contributed by atoms with van der Waals surface area (Å²) in [6.07, 6.45) is 1.38. The lowest BCUT2D eigenvalue weighted by molar-refractivity contribution is -0.141. The van der Waals surface area contributed by atoms with Crippen molar-refractivity contribution in [3.63, 3.8) is 0 Å². The first-order chi connectivity index (χ1) is 8.85. The van der Waals surface area contributed by atoms with Crippen LogP contribution in [0.2, 0.25) is 0 Å². The van der Waals surface area contributed by atoms with Crippen LogP contribution in [0, 0.1) is 11.8 Å². The van der Waals surface area contributed by atoms with Crippen molar-refractivity contribution in [3.8, 4) is 0 Å². The molecule has 1 fully saturated rings. The molecule has 19 heavy (non-hydrogen) atoms. The van der Waals surface area contributed by atoms with Crippen LogP contribution in [-0.2, 0) is 19.6 Å². The summed E-state index contributed by atoms with van der Waals surface area (Å²) in [5, 5.41) is 11.4. The highest BCUT2D eigenvalue weighted by Gasteiger charge is 2.33. The first-order valence-corrected chi connectivity index (χ1v) is 7.98. The molecule has 0 bridgehead atoms. The molecular formula is C11H20N2O5S. The molecule has 0 spiro atoms. The predicted octanol–water partition coefficient (Wildman–Crippen LogP) is -0.457. The van der Waals surface area contributed by atoms with Gasteiger partial charge in [0.05, 0.1) is 11.7 Å². The highest BCUT2D eigenvalue weighted by Crippen LogP contribution is 2.30. The van der Waals surface area contributed by atoms with Crippen molar-refractivity contribution in [2.75, 3.05) is 18.8 Å². The highest BCUT2D eigenvalue weighted by atomic mass is 32.2. The van der Waals surface area contributed by atoms with E-state index in [1.165, 1.54) is 0 Å². The van der Waals surface area contributed by atoms with Crippen molar-refractivity contribution < 1.29 is 23.1 Å². The first kappa shape index (κ1) is 15.9. The van der Waals surface area contributed by atoms with Crippen molar-refractivity contribution in [3.05, 3.63) is 0 Å². The van der Waals surface area contributed by atoms with Crippen LogP contribution >= 0.6 is 0 Å². The molecule has 0 aliphatic heterocycles. The Morgan fingerprint density at radius 1 is 1.26 bits per heavy atom. The van der Waals surface area contributed by atoms with Crippen molar-refractivity contribution in [2.45, 2.75) is 26.2 Å². The van der Waals surface area contributed by atoms with Crippen molar-refractivity contribution in [1.82, 2.24) is 10.0 Å². The van der Waals surface area contributed by atoms with Crippen LogP contribution in [0.5, 0.6) is 0 Å². The van der Waals surface area contributed by atoms with Crippen molar-refractivity contribution in [1.29, 1.82) is 0 Å². The number of rotatable bonds is 7. The summed E-state index contributed by atoms with van der Waals surface area (Å²) in [6.45, 7) is 2.04. The van der Waals surface area contributed by atoms with Gasteiger partial charge in [-0.1, -0.05) is 6.92 Å². The van der Waals surface area contributed by atoms with E-state index in [2.05, 4.69) is 10.0 Å². The highest BCUT2D eigenvalue weighted by molar-refractivity contribution is 7.89. The SMILES string of the molecule is CCNS(=O)(=O)CCNC(=O)C1CCC(C(=O)O)C1. The molecule has 110 valence electrons. The van der Waals surface area contributed by atoms with Crippen LogP contribution in [0.25, 0.3) is 0 Å². The molecule has 0 heterocycles. The Hall–Kier alpha value is -1.15. The van der Waals surface area contributed by atoms with E-state index in [-0.39, 0.29) is 24.1 Å². The van der Waals surface area contributed by atoms with E-state index in [1.54, 1.807) is 6.92 Å². The fraction of sp³-hybridized carbons (Fsp3) is 0.818. The monoisotopic (exact) mass is 292 g/mol. The van der Waals surface area contributed by atoms with E-state index in [9.17, 15) is 18.0 Å². The van der Waals surface area contributed by atoms with Gasteiger partial charge in [0.1, 0.15) is 0 Å². The summed E-state index contributed by atoms with van der Waals surface area (Å²) < 4.78 is 25.0.